The van der Waals surface area contributed by atoms with Crippen LogP contribution in [0.3, 0.4) is 0 Å². The Hall–Kier alpha value is -1.98. The minimum atomic E-state index is -1.02. The minimum absolute atomic E-state index is 0.164. The van der Waals surface area contributed by atoms with E-state index in [0.29, 0.717) is 5.92 Å². The number of nitrogens with one attached hydrogen (secondary N) is 2. The second-order valence-electron chi connectivity index (χ2n) is 5.42. The van der Waals surface area contributed by atoms with Gasteiger partial charge in [0.05, 0.1) is 5.69 Å². The van der Waals surface area contributed by atoms with Crippen molar-refractivity contribution in [3.05, 3.63) is 29.8 Å². The van der Waals surface area contributed by atoms with E-state index >= 15 is 0 Å². The van der Waals surface area contributed by atoms with Crippen LogP contribution in [0.2, 0.25) is 0 Å². The van der Waals surface area contributed by atoms with Crippen molar-refractivity contribution in [2.45, 2.75) is 39.7 Å². The smallest absolute Gasteiger partial charge is 0.313 e. The second-order valence-corrected chi connectivity index (χ2v) is 5.42. The lowest BCUT2D eigenvalue weighted by atomic mass is 10.0. The van der Waals surface area contributed by atoms with Crippen LogP contribution in [-0.2, 0) is 9.59 Å². The third-order valence-corrected chi connectivity index (χ3v) is 2.94. The Kier molecular flexibility index (Phi) is 6.27. The summed E-state index contributed by atoms with van der Waals surface area (Å²) in [5.74, 6) is -2.88. The van der Waals surface area contributed by atoms with Gasteiger partial charge in [0.15, 0.2) is 0 Å². The van der Waals surface area contributed by atoms with Gasteiger partial charge in [-0.25, -0.2) is 8.78 Å². The van der Waals surface area contributed by atoms with E-state index < -0.39 is 23.4 Å². The van der Waals surface area contributed by atoms with Gasteiger partial charge in [0.1, 0.15) is 11.6 Å². The highest BCUT2D eigenvalue weighted by Crippen LogP contribution is 2.15. The standard InChI is InChI=1S/C15H20F2N2O2/c1-9(2)4-5-10(3)18-14(20)15(21)19-13-8-11(16)6-7-12(13)17/h6-10H,4-5H2,1-3H3,(H,18,20)(H,19,21). The van der Waals surface area contributed by atoms with Crippen LogP contribution in [-0.4, -0.2) is 17.9 Å². The van der Waals surface area contributed by atoms with E-state index in [4.69, 9.17) is 0 Å². The second kappa shape index (κ2) is 7.71. The van der Waals surface area contributed by atoms with Gasteiger partial charge in [-0.2, -0.15) is 0 Å². The van der Waals surface area contributed by atoms with Crippen molar-refractivity contribution in [2.24, 2.45) is 5.92 Å². The number of carbonyl (C=O) groups is 2. The maximum Gasteiger partial charge on any atom is 0.313 e. The number of amides is 2. The quantitative estimate of drug-likeness (QED) is 0.821. The van der Waals surface area contributed by atoms with Crippen molar-refractivity contribution in [2.75, 3.05) is 5.32 Å². The first-order valence-corrected chi connectivity index (χ1v) is 6.86. The molecule has 2 N–H and O–H groups in total. The number of halogens is 2. The predicted molar refractivity (Wildman–Crippen MR) is 76.7 cm³/mol. The number of benzene rings is 1. The van der Waals surface area contributed by atoms with Crippen LogP contribution in [0.15, 0.2) is 18.2 Å². The molecule has 0 saturated carbocycles. The first kappa shape index (κ1) is 17.1. The third kappa shape index (κ3) is 5.89. The summed E-state index contributed by atoms with van der Waals surface area (Å²) in [6, 6.07) is 2.47. The Balaban J connectivity index is 2.55. The molecule has 1 aromatic carbocycles. The summed E-state index contributed by atoms with van der Waals surface area (Å²) in [5.41, 5.74) is -0.356. The summed E-state index contributed by atoms with van der Waals surface area (Å²) >= 11 is 0. The molecule has 1 unspecified atom stereocenters. The highest BCUT2D eigenvalue weighted by Gasteiger charge is 2.18. The topological polar surface area (TPSA) is 58.2 Å². The van der Waals surface area contributed by atoms with Gasteiger partial charge in [-0.15, -0.1) is 0 Å². The fraction of sp³-hybridized carbons (Fsp3) is 0.467. The molecule has 1 aromatic rings. The molecule has 21 heavy (non-hydrogen) atoms. The summed E-state index contributed by atoms with van der Waals surface area (Å²) in [7, 11) is 0. The van der Waals surface area contributed by atoms with E-state index in [9.17, 15) is 18.4 Å². The highest BCUT2D eigenvalue weighted by molar-refractivity contribution is 6.39. The molecular formula is C15H20F2N2O2. The third-order valence-electron chi connectivity index (χ3n) is 2.94. The van der Waals surface area contributed by atoms with Crippen LogP contribution in [0.5, 0.6) is 0 Å². The van der Waals surface area contributed by atoms with Crippen molar-refractivity contribution < 1.29 is 18.4 Å². The van der Waals surface area contributed by atoms with Crippen LogP contribution < -0.4 is 10.6 Å². The maximum atomic E-state index is 13.4. The molecule has 1 atom stereocenters. The number of carbonyl (C=O) groups excluding carboxylic acids is 2. The number of hydrogen-bond donors (Lipinski definition) is 2. The van der Waals surface area contributed by atoms with Crippen LogP contribution in [0.25, 0.3) is 0 Å². The Labute approximate surface area is 122 Å². The fourth-order valence-corrected chi connectivity index (χ4v) is 1.72. The predicted octanol–water partition coefficient (Wildman–Crippen LogP) is 2.84. The normalized spacial score (nSPS) is 12.1. The first-order valence-electron chi connectivity index (χ1n) is 6.86. The molecule has 0 radical (unpaired) electrons. The lowest BCUT2D eigenvalue weighted by Crippen LogP contribution is -2.40. The molecule has 116 valence electrons. The Morgan fingerprint density at radius 2 is 1.76 bits per heavy atom. The van der Waals surface area contributed by atoms with Gasteiger partial charge in [0.2, 0.25) is 0 Å². The van der Waals surface area contributed by atoms with Gasteiger partial charge in [-0.1, -0.05) is 13.8 Å². The molecule has 1 rings (SSSR count). The molecule has 4 nitrogen and oxygen atoms in total. The summed E-state index contributed by atoms with van der Waals surface area (Å²) in [6.45, 7) is 5.91. The lowest BCUT2D eigenvalue weighted by molar-refractivity contribution is -0.136. The lowest BCUT2D eigenvalue weighted by Gasteiger charge is -2.15. The van der Waals surface area contributed by atoms with Crippen molar-refractivity contribution in [3.63, 3.8) is 0 Å². The average molecular weight is 298 g/mol. The maximum absolute atomic E-state index is 13.4. The van der Waals surface area contributed by atoms with Gasteiger partial charge in [0.25, 0.3) is 0 Å². The van der Waals surface area contributed by atoms with Crippen molar-refractivity contribution in [1.82, 2.24) is 5.32 Å². The van der Waals surface area contributed by atoms with Crippen molar-refractivity contribution in [1.29, 1.82) is 0 Å². The van der Waals surface area contributed by atoms with Gasteiger partial charge < -0.3 is 10.6 Å². The molecule has 0 heterocycles. The summed E-state index contributed by atoms with van der Waals surface area (Å²) in [4.78, 5) is 23.3. The zero-order valence-corrected chi connectivity index (χ0v) is 12.4. The van der Waals surface area contributed by atoms with E-state index in [-0.39, 0.29) is 11.7 Å². The largest absolute Gasteiger partial charge is 0.345 e. The molecule has 0 fully saturated rings. The van der Waals surface area contributed by atoms with E-state index in [0.717, 1.165) is 31.0 Å². The summed E-state index contributed by atoms with van der Waals surface area (Å²) in [6.07, 6.45) is 1.66. The van der Waals surface area contributed by atoms with Crippen molar-refractivity contribution in [3.8, 4) is 0 Å². The van der Waals surface area contributed by atoms with Crippen LogP contribution in [0.4, 0.5) is 14.5 Å². The molecule has 6 heteroatoms. The van der Waals surface area contributed by atoms with E-state index in [1.54, 1.807) is 6.92 Å². The number of rotatable bonds is 5. The zero-order valence-electron chi connectivity index (χ0n) is 12.4. The summed E-state index contributed by atoms with van der Waals surface area (Å²) < 4.78 is 26.3. The molecule has 0 aliphatic heterocycles. The van der Waals surface area contributed by atoms with E-state index in [1.807, 2.05) is 0 Å². The Morgan fingerprint density at radius 3 is 2.38 bits per heavy atom. The molecule has 0 spiro atoms. The SMILES string of the molecule is CC(C)CCC(C)NC(=O)C(=O)Nc1cc(F)ccc1F. The van der Waals surface area contributed by atoms with Crippen LogP contribution >= 0.6 is 0 Å². The summed E-state index contributed by atoms with van der Waals surface area (Å²) in [5, 5.41) is 4.58. The average Bonchev–Trinajstić information content (AvgIpc) is 2.40. The molecule has 0 aliphatic rings. The molecule has 0 aliphatic carbocycles. The monoisotopic (exact) mass is 298 g/mol. The molecular weight excluding hydrogens is 278 g/mol. The van der Waals surface area contributed by atoms with Crippen molar-refractivity contribution >= 4 is 17.5 Å². The fourth-order valence-electron chi connectivity index (χ4n) is 1.72. The molecule has 0 aromatic heterocycles. The molecule has 2 amide bonds. The zero-order chi connectivity index (χ0) is 16.0. The number of anilines is 1. The van der Waals surface area contributed by atoms with Crippen LogP contribution in [0, 0.1) is 17.6 Å². The van der Waals surface area contributed by atoms with Gasteiger partial charge in [-0.3, -0.25) is 9.59 Å². The molecule has 0 saturated heterocycles. The van der Waals surface area contributed by atoms with E-state index in [1.165, 1.54) is 0 Å². The minimum Gasteiger partial charge on any atom is -0.345 e. The van der Waals surface area contributed by atoms with Gasteiger partial charge >= 0.3 is 11.8 Å². The number of hydrogen-bond acceptors (Lipinski definition) is 2. The highest BCUT2D eigenvalue weighted by atomic mass is 19.1. The Morgan fingerprint density at radius 1 is 1.10 bits per heavy atom. The van der Waals surface area contributed by atoms with Crippen LogP contribution in [0.1, 0.15) is 33.6 Å². The first-order chi connectivity index (χ1) is 9.79. The van der Waals surface area contributed by atoms with Gasteiger partial charge in [-0.05, 0) is 37.8 Å². The van der Waals surface area contributed by atoms with E-state index in [2.05, 4.69) is 24.5 Å². The molecule has 0 bridgehead atoms. The Bertz CT molecular complexity index is 518. The van der Waals surface area contributed by atoms with Gasteiger partial charge in [0, 0.05) is 12.1 Å².